The molecule has 4 atom stereocenters. The molecule has 0 rings (SSSR count). The summed E-state index contributed by atoms with van der Waals surface area (Å²) in [6.45, 7) is 4.04. The Labute approximate surface area is 298 Å². The van der Waals surface area contributed by atoms with Crippen molar-refractivity contribution in [2.75, 3.05) is 6.61 Å². The second-order valence-electron chi connectivity index (χ2n) is 14.7. The number of carbonyl (C=O) groups excluding carboxylic acids is 1. The van der Waals surface area contributed by atoms with Gasteiger partial charge in [0.1, 0.15) is 12.2 Å². The molecule has 0 spiro atoms. The molecule has 6 nitrogen and oxygen atoms in total. The molecule has 5 N–H and O–H groups in total. The molecule has 6 heteroatoms. The molecule has 4 unspecified atom stereocenters. The molecule has 0 saturated carbocycles. The van der Waals surface area contributed by atoms with E-state index >= 15 is 0 Å². The van der Waals surface area contributed by atoms with Crippen LogP contribution in [0.25, 0.3) is 0 Å². The van der Waals surface area contributed by atoms with Crippen LogP contribution in [-0.2, 0) is 4.79 Å². The van der Waals surface area contributed by atoms with Crippen molar-refractivity contribution in [2.24, 2.45) is 0 Å². The van der Waals surface area contributed by atoms with Crippen molar-refractivity contribution in [1.29, 1.82) is 0 Å². The van der Waals surface area contributed by atoms with Gasteiger partial charge in [-0.05, 0) is 38.5 Å². The summed E-state index contributed by atoms with van der Waals surface area (Å²) in [4.78, 5) is 12.5. The van der Waals surface area contributed by atoms with Crippen molar-refractivity contribution in [2.45, 2.75) is 244 Å². The fourth-order valence-electron chi connectivity index (χ4n) is 6.57. The Morgan fingerprint density at radius 1 is 0.500 bits per heavy atom. The molecule has 286 valence electrons. The second-order valence-corrected chi connectivity index (χ2v) is 14.7. The zero-order chi connectivity index (χ0) is 35.3. The van der Waals surface area contributed by atoms with E-state index in [0.717, 1.165) is 51.4 Å². The van der Waals surface area contributed by atoms with E-state index in [2.05, 4.69) is 31.3 Å². The Balaban J connectivity index is 3.74. The highest BCUT2D eigenvalue weighted by Gasteiger charge is 2.28. The third-order valence-electron chi connectivity index (χ3n) is 9.98. The van der Waals surface area contributed by atoms with Crippen molar-refractivity contribution in [3.05, 3.63) is 12.2 Å². The molecular weight excluding hydrogens is 598 g/mol. The van der Waals surface area contributed by atoms with Gasteiger partial charge >= 0.3 is 0 Å². The molecule has 0 radical (unpaired) electrons. The molecule has 0 aromatic rings. The van der Waals surface area contributed by atoms with E-state index in [4.69, 9.17) is 0 Å². The molecule has 48 heavy (non-hydrogen) atoms. The van der Waals surface area contributed by atoms with Gasteiger partial charge in [-0.15, -0.1) is 0 Å². The van der Waals surface area contributed by atoms with Gasteiger partial charge in [0.15, 0.2) is 0 Å². The van der Waals surface area contributed by atoms with Gasteiger partial charge in [0.25, 0.3) is 0 Å². The molecule has 0 aromatic heterocycles. The Bertz CT molecular complexity index is 687. The van der Waals surface area contributed by atoms with E-state index < -0.39 is 36.9 Å². The first-order chi connectivity index (χ1) is 23.5. The predicted octanol–water partition coefficient (Wildman–Crippen LogP) is 10.6. The summed E-state index contributed by atoms with van der Waals surface area (Å²) in [7, 11) is 0. The normalized spacial score (nSPS) is 14.4. The maximum absolute atomic E-state index is 12.5. The fraction of sp³-hybridized carbons (Fsp3) is 0.929. The zero-order valence-electron chi connectivity index (χ0n) is 32.0. The van der Waals surface area contributed by atoms with Crippen LogP contribution in [0.1, 0.15) is 219 Å². The number of nitrogens with one attached hydrogen (secondary N) is 1. The lowest BCUT2D eigenvalue weighted by Crippen LogP contribution is -2.53. The average molecular weight is 682 g/mol. The van der Waals surface area contributed by atoms with E-state index in [1.807, 2.05) is 0 Å². The van der Waals surface area contributed by atoms with Gasteiger partial charge in [-0.3, -0.25) is 4.79 Å². The van der Waals surface area contributed by atoms with Gasteiger partial charge in [0.2, 0.25) is 5.91 Å². The minimum absolute atomic E-state index is 0.357. The summed E-state index contributed by atoms with van der Waals surface area (Å²) in [5, 5.41) is 43.5. The van der Waals surface area contributed by atoms with Gasteiger partial charge in [0.05, 0.1) is 18.8 Å². The van der Waals surface area contributed by atoms with E-state index in [-0.39, 0.29) is 0 Å². The average Bonchev–Trinajstić information content (AvgIpc) is 3.09. The van der Waals surface area contributed by atoms with Crippen molar-refractivity contribution in [3.63, 3.8) is 0 Å². The number of carbonyl (C=O) groups is 1. The topological polar surface area (TPSA) is 110 Å². The van der Waals surface area contributed by atoms with E-state index in [1.54, 1.807) is 0 Å². The maximum Gasteiger partial charge on any atom is 0.249 e. The minimum Gasteiger partial charge on any atom is -0.394 e. The predicted molar refractivity (Wildman–Crippen MR) is 205 cm³/mol. The van der Waals surface area contributed by atoms with Gasteiger partial charge < -0.3 is 25.7 Å². The highest BCUT2D eigenvalue weighted by molar-refractivity contribution is 5.80. The molecule has 1 amide bonds. The van der Waals surface area contributed by atoms with Crippen molar-refractivity contribution >= 4 is 5.91 Å². The first kappa shape index (κ1) is 47.0. The summed E-state index contributed by atoms with van der Waals surface area (Å²) >= 11 is 0. The standard InChI is InChI=1S/C42H83NO5/c1-3-5-7-9-11-13-15-17-18-19-20-21-22-23-24-26-28-30-32-34-36-40(46)42(48)43-38(37-44)41(47)39(45)35-33-31-29-27-25-16-14-12-10-8-6-4-2/h23-24,38-41,44-47H,3-22,25-37H2,1-2H3,(H,43,48). The van der Waals surface area contributed by atoms with Crippen LogP contribution in [0.5, 0.6) is 0 Å². The van der Waals surface area contributed by atoms with E-state index in [1.165, 1.54) is 141 Å². The van der Waals surface area contributed by atoms with Gasteiger partial charge in [-0.25, -0.2) is 0 Å². The Hall–Kier alpha value is -0.950. The first-order valence-corrected chi connectivity index (χ1v) is 21.1. The molecule has 0 aliphatic carbocycles. The molecule has 0 saturated heterocycles. The lowest BCUT2D eigenvalue weighted by molar-refractivity contribution is -0.132. The number of amides is 1. The van der Waals surface area contributed by atoms with Gasteiger partial charge in [-0.2, -0.15) is 0 Å². The Morgan fingerprint density at radius 2 is 0.833 bits per heavy atom. The van der Waals surface area contributed by atoms with Crippen LogP contribution in [0, 0.1) is 0 Å². The van der Waals surface area contributed by atoms with Gasteiger partial charge in [-0.1, -0.05) is 193 Å². The third-order valence-corrected chi connectivity index (χ3v) is 9.98. The van der Waals surface area contributed by atoms with Crippen LogP contribution in [0.4, 0.5) is 0 Å². The second kappa shape index (κ2) is 37.3. The Morgan fingerprint density at radius 3 is 1.21 bits per heavy atom. The third kappa shape index (κ3) is 31.1. The summed E-state index contributed by atoms with van der Waals surface area (Å²) < 4.78 is 0. The van der Waals surface area contributed by atoms with Crippen molar-refractivity contribution in [1.82, 2.24) is 5.32 Å². The quantitative estimate of drug-likeness (QED) is 0.0329. The highest BCUT2D eigenvalue weighted by atomic mass is 16.3. The number of aliphatic hydroxyl groups excluding tert-OH is 4. The molecule has 0 fully saturated rings. The number of rotatable bonds is 38. The summed E-state index contributed by atoms with van der Waals surface area (Å²) in [5.74, 6) is -0.591. The summed E-state index contributed by atoms with van der Waals surface area (Å²) in [6.07, 6.45) is 39.5. The maximum atomic E-state index is 12.5. The van der Waals surface area contributed by atoms with Crippen molar-refractivity contribution in [3.8, 4) is 0 Å². The molecule has 0 aromatic carbocycles. The monoisotopic (exact) mass is 682 g/mol. The molecular formula is C42H83NO5. The van der Waals surface area contributed by atoms with Crippen LogP contribution in [0.2, 0.25) is 0 Å². The first-order valence-electron chi connectivity index (χ1n) is 21.1. The van der Waals surface area contributed by atoms with Crippen LogP contribution in [0.3, 0.4) is 0 Å². The number of allylic oxidation sites excluding steroid dienone is 2. The fourth-order valence-corrected chi connectivity index (χ4v) is 6.57. The smallest absolute Gasteiger partial charge is 0.249 e. The molecule has 0 heterocycles. The highest BCUT2D eigenvalue weighted by Crippen LogP contribution is 2.16. The van der Waals surface area contributed by atoms with E-state index in [0.29, 0.717) is 12.8 Å². The van der Waals surface area contributed by atoms with Crippen LogP contribution >= 0.6 is 0 Å². The largest absolute Gasteiger partial charge is 0.394 e. The summed E-state index contributed by atoms with van der Waals surface area (Å²) in [5.41, 5.74) is 0. The summed E-state index contributed by atoms with van der Waals surface area (Å²) in [6, 6.07) is -0.985. The van der Waals surface area contributed by atoms with Gasteiger partial charge in [0, 0.05) is 0 Å². The number of aliphatic hydroxyl groups is 4. The lowest BCUT2D eigenvalue weighted by atomic mass is 9.99. The lowest BCUT2D eigenvalue weighted by Gasteiger charge is -2.27. The van der Waals surface area contributed by atoms with Crippen molar-refractivity contribution < 1.29 is 25.2 Å². The number of hydrogen-bond acceptors (Lipinski definition) is 5. The van der Waals surface area contributed by atoms with Crippen LogP contribution in [0.15, 0.2) is 12.2 Å². The number of hydrogen-bond donors (Lipinski definition) is 5. The Kier molecular flexibility index (Phi) is 36.6. The van der Waals surface area contributed by atoms with Crippen LogP contribution < -0.4 is 5.32 Å². The van der Waals surface area contributed by atoms with E-state index in [9.17, 15) is 25.2 Å². The minimum atomic E-state index is -1.26. The molecule has 0 bridgehead atoms. The number of unbranched alkanes of at least 4 members (excludes halogenated alkanes) is 27. The molecule has 0 aliphatic heterocycles. The van der Waals surface area contributed by atoms with Crippen LogP contribution in [-0.4, -0.2) is 57.3 Å². The molecule has 0 aliphatic rings. The SMILES string of the molecule is CCCCCCCCCCCCCCC=CCCCCCCC(O)C(=O)NC(CO)C(O)C(O)CCCCCCCCCCCCCC. The zero-order valence-corrected chi connectivity index (χ0v) is 32.0.